The highest BCUT2D eigenvalue weighted by Crippen LogP contribution is 2.40. The van der Waals surface area contributed by atoms with E-state index in [0.29, 0.717) is 17.3 Å². The van der Waals surface area contributed by atoms with E-state index in [1.165, 1.54) is 88.4 Å². The van der Waals surface area contributed by atoms with Crippen LogP contribution in [0.5, 0.6) is 0 Å². The summed E-state index contributed by atoms with van der Waals surface area (Å²) < 4.78 is 232. The third-order valence-corrected chi connectivity index (χ3v) is 15.5. The number of furan rings is 2. The van der Waals surface area contributed by atoms with Crippen molar-refractivity contribution in [2.75, 3.05) is 0 Å². The highest BCUT2D eigenvalue weighted by Gasteiger charge is 2.52. The Kier molecular flexibility index (Phi) is 23.8. The van der Waals surface area contributed by atoms with Gasteiger partial charge < -0.3 is 28.8 Å². The fourth-order valence-corrected chi connectivity index (χ4v) is 9.34. The second kappa shape index (κ2) is 30.0. The first kappa shape index (κ1) is 76.1. The molecule has 1 aliphatic heterocycles. The van der Waals surface area contributed by atoms with Gasteiger partial charge in [-0.1, -0.05) is 66.0 Å². The van der Waals surface area contributed by atoms with Crippen LogP contribution in [-0.2, 0) is 34.0 Å². The van der Waals surface area contributed by atoms with Gasteiger partial charge >= 0.3 is 31.8 Å². The Morgan fingerprint density at radius 3 is 1.14 bits per heavy atom. The van der Waals surface area contributed by atoms with Crippen LogP contribution in [0.3, 0.4) is 0 Å². The second-order valence-electron chi connectivity index (χ2n) is 22.6. The number of rotatable bonds is 13. The van der Waals surface area contributed by atoms with Crippen molar-refractivity contribution in [2.24, 2.45) is 0 Å². The quantitative estimate of drug-likeness (QED) is 0.0670. The summed E-state index contributed by atoms with van der Waals surface area (Å²) in [5.41, 5.74) is -2.87. The van der Waals surface area contributed by atoms with E-state index in [9.17, 15) is 84.6 Å². The third-order valence-electron chi connectivity index (χ3n) is 15.0. The molecule has 8 aromatic rings. The van der Waals surface area contributed by atoms with Crippen LogP contribution in [0.1, 0.15) is 146 Å². The zero-order valence-electron chi connectivity index (χ0n) is 52.0. The average Bonchev–Trinajstić information content (AvgIpc) is 1.60. The van der Waals surface area contributed by atoms with Crippen molar-refractivity contribution in [3.05, 3.63) is 247 Å². The highest BCUT2D eigenvalue weighted by molar-refractivity contribution is 9.10. The Morgan fingerprint density at radius 1 is 0.479 bits per heavy atom. The number of aldehydes is 1. The molecule has 508 valence electrons. The van der Waals surface area contributed by atoms with E-state index >= 15 is 0 Å². The molecule has 2 atom stereocenters. The Bertz CT molecular complexity index is 3960. The van der Waals surface area contributed by atoms with E-state index in [0.717, 1.165) is 72.8 Å². The Balaban J connectivity index is 0.000000211. The molecule has 0 unspecified atom stereocenters. The molecule has 2 amide bonds. The van der Waals surface area contributed by atoms with Gasteiger partial charge in [-0.05, 0) is 198 Å². The van der Waals surface area contributed by atoms with E-state index in [1.807, 2.05) is 27.7 Å². The minimum Gasteiger partial charge on any atom is -0.451 e. The van der Waals surface area contributed by atoms with Crippen molar-refractivity contribution in [3.8, 4) is 22.6 Å². The molecule has 0 saturated carbocycles. The number of amides is 2. The number of halogens is 17. The van der Waals surface area contributed by atoms with E-state index < -0.39 is 112 Å². The standard InChI is InChI=1S/2C23H18F5NO2.C15H18BF3O2.C8H4BrF3O/c2*1-4-14-7-16(9-17(8-14)23(26,27)28)20-5-6-21(31-20)22(30)29-13(3)15-10-18(24)12(2)19(25)11-15;1-6-10-7-11(15(17,18)19)9-12(8-10)16-20-13(2,3)14(4,5)21-16;9-7-2-5(4-13)1-6(3-7)8(10,11)12/h2*4-11,13H,1H2,2-3H3,(H,29,30);6-9H,1H2,2-5H3;1-4H/t2*13-;;/m11../s1. The van der Waals surface area contributed by atoms with Crippen LogP contribution in [-0.4, -0.2) is 36.4 Å². The first-order valence-electron chi connectivity index (χ1n) is 28.3. The van der Waals surface area contributed by atoms with Gasteiger partial charge in [0.2, 0.25) is 0 Å². The van der Waals surface area contributed by atoms with E-state index in [4.69, 9.17) is 18.1 Å². The maximum atomic E-state index is 13.8. The molecule has 9 nitrogen and oxygen atoms in total. The average molecular weight is 1420 g/mol. The summed E-state index contributed by atoms with van der Waals surface area (Å²) in [5.74, 6) is -4.53. The molecule has 0 radical (unpaired) electrons. The number of carbonyl (C=O) groups excluding carboxylic acids is 3. The monoisotopic (exact) mass is 1420 g/mol. The SMILES string of the molecule is C=Cc1cc(-c2ccc(C(=O)N[C@H](C)c3cc(F)c(C)c(F)c3)o2)cc(C(F)(F)F)c1.C=Cc1cc(-c2ccc(C(=O)N[C@H](C)c3cc(F)c(C)c(F)c3)o2)cc(C(F)(F)F)c1.C=Cc1cc(B2OC(C)(C)C(C)(C)O2)cc(C(F)(F)F)c1.O=Cc1cc(Br)cc(C(F)(F)F)c1. The molecule has 0 aliphatic carbocycles. The molecular formula is C69H58BBrF16N2O7. The summed E-state index contributed by atoms with van der Waals surface area (Å²) in [6.45, 7) is 23.6. The Hall–Kier alpha value is -8.95. The van der Waals surface area contributed by atoms with Gasteiger partial charge in [0.1, 0.15) is 41.1 Å². The molecule has 1 fully saturated rings. The number of hydrogen-bond acceptors (Lipinski definition) is 7. The van der Waals surface area contributed by atoms with E-state index in [-0.39, 0.29) is 77.6 Å². The zero-order valence-corrected chi connectivity index (χ0v) is 53.6. The maximum Gasteiger partial charge on any atom is 0.494 e. The van der Waals surface area contributed by atoms with Crippen molar-refractivity contribution in [1.82, 2.24) is 10.6 Å². The molecule has 0 spiro atoms. The predicted octanol–water partition coefficient (Wildman–Crippen LogP) is 20.3. The molecule has 96 heavy (non-hydrogen) atoms. The lowest BCUT2D eigenvalue weighted by atomic mass is 9.77. The minimum atomic E-state index is -4.56. The van der Waals surface area contributed by atoms with Gasteiger partial charge in [0, 0.05) is 32.3 Å². The number of hydrogen-bond donors (Lipinski definition) is 2. The lowest BCUT2D eigenvalue weighted by Gasteiger charge is -2.32. The summed E-state index contributed by atoms with van der Waals surface area (Å²) >= 11 is 2.89. The molecule has 6 aromatic carbocycles. The smallest absolute Gasteiger partial charge is 0.451 e. The first-order valence-corrected chi connectivity index (χ1v) is 29.1. The lowest BCUT2D eigenvalue weighted by molar-refractivity contribution is -0.138. The van der Waals surface area contributed by atoms with Crippen LogP contribution in [0.25, 0.3) is 40.9 Å². The van der Waals surface area contributed by atoms with Crippen molar-refractivity contribution in [1.29, 1.82) is 0 Å². The molecular weight excluding hydrogens is 1360 g/mol. The van der Waals surface area contributed by atoms with Crippen LogP contribution in [0.15, 0.2) is 154 Å². The molecule has 0 bridgehead atoms. The normalized spacial score (nSPS) is 14.1. The van der Waals surface area contributed by atoms with Crippen LogP contribution >= 0.6 is 15.9 Å². The number of carbonyl (C=O) groups is 3. The van der Waals surface area contributed by atoms with Crippen LogP contribution in [0.2, 0.25) is 0 Å². The highest BCUT2D eigenvalue weighted by atomic mass is 79.9. The van der Waals surface area contributed by atoms with E-state index in [1.54, 1.807) is 6.07 Å². The summed E-state index contributed by atoms with van der Waals surface area (Å²) in [6, 6.07) is 21.7. The first-order chi connectivity index (χ1) is 44.4. The van der Waals surface area contributed by atoms with E-state index in [2.05, 4.69) is 46.3 Å². The molecule has 2 aromatic heterocycles. The molecule has 27 heteroatoms. The number of nitrogens with one attached hydrogen (secondary N) is 2. The van der Waals surface area contributed by atoms with Crippen molar-refractivity contribution in [3.63, 3.8) is 0 Å². The van der Waals surface area contributed by atoms with Crippen LogP contribution in [0, 0.1) is 37.1 Å². The van der Waals surface area contributed by atoms with Gasteiger partial charge in [0.05, 0.1) is 45.5 Å². The predicted molar refractivity (Wildman–Crippen MR) is 334 cm³/mol. The summed E-state index contributed by atoms with van der Waals surface area (Å²) in [4.78, 5) is 35.2. The maximum absolute atomic E-state index is 13.8. The van der Waals surface area contributed by atoms with Gasteiger partial charge in [-0.25, -0.2) is 17.6 Å². The molecule has 9 rings (SSSR count). The number of alkyl halides is 12. The van der Waals surface area contributed by atoms with Crippen LogP contribution < -0.4 is 16.1 Å². The van der Waals surface area contributed by atoms with Gasteiger partial charge in [-0.3, -0.25) is 14.4 Å². The fraction of sp³-hybridized carbons (Fsp3) is 0.232. The van der Waals surface area contributed by atoms with Gasteiger partial charge in [0.15, 0.2) is 11.5 Å². The third kappa shape index (κ3) is 19.4. The zero-order chi connectivity index (χ0) is 72.0. The minimum absolute atomic E-state index is 0.00157. The fourth-order valence-electron chi connectivity index (χ4n) is 8.83. The van der Waals surface area contributed by atoms with Gasteiger partial charge in [-0.2, -0.15) is 52.7 Å². The molecule has 1 saturated heterocycles. The van der Waals surface area contributed by atoms with Gasteiger partial charge in [0.25, 0.3) is 11.8 Å². The molecule has 3 heterocycles. The second-order valence-corrected chi connectivity index (χ2v) is 23.5. The number of benzene rings is 6. The summed E-state index contributed by atoms with van der Waals surface area (Å²) in [7, 11) is -0.823. The van der Waals surface area contributed by atoms with Crippen molar-refractivity contribution < 1.29 is 103 Å². The Labute approximate surface area is 549 Å². The summed E-state index contributed by atoms with van der Waals surface area (Å²) in [6.07, 6.45) is -13.7. The molecule has 2 N–H and O–H groups in total. The molecule has 1 aliphatic rings. The van der Waals surface area contributed by atoms with Crippen molar-refractivity contribution in [2.45, 2.75) is 103 Å². The largest absolute Gasteiger partial charge is 0.494 e. The van der Waals surface area contributed by atoms with Crippen molar-refractivity contribution >= 4 is 64.8 Å². The Morgan fingerprint density at radius 2 is 0.802 bits per heavy atom. The topological polar surface area (TPSA) is 120 Å². The van der Waals surface area contributed by atoms with Gasteiger partial charge in [-0.15, -0.1) is 0 Å². The van der Waals surface area contributed by atoms with Crippen LogP contribution in [0.4, 0.5) is 70.2 Å². The summed E-state index contributed by atoms with van der Waals surface area (Å²) in [5, 5.41) is 5.09. The lowest BCUT2D eigenvalue weighted by Crippen LogP contribution is -2.41.